The second-order valence-electron chi connectivity index (χ2n) is 10.4. The van der Waals surface area contributed by atoms with Crippen molar-refractivity contribution >= 4 is 5.97 Å². The molecule has 0 aromatic rings. The van der Waals surface area contributed by atoms with Crippen LogP contribution in [0.15, 0.2) is 0 Å². The number of carbonyl (C=O) groups is 1. The Morgan fingerprint density at radius 1 is 1.13 bits per heavy atom. The summed E-state index contributed by atoms with van der Waals surface area (Å²) < 4.78 is 21.7. The number of methoxy groups -OCH3 is 2. The SMILES string of the molecule is CO[C@H]1O[C@H](OC)[C@@](O)(CC[C@@]2(O)[C@@H](C)C[C@@H]3OC(=O)[C@@]4(C)CCC[C@@]2(C)[C@@H]34)[C@@H]1O. The molecule has 0 unspecified atom stereocenters. The Bertz CT molecular complexity index is 697. The predicted octanol–water partition coefficient (Wildman–Crippen LogP) is 1.34. The van der Waals surface area contributed by atoms with Crippen LogP contribution in [0.2, 0.25) is 0 Å². The van der Waals surface area contributed by atoms with Gasteiger partial charge in [-0.25, -0.2) is 0 Å². The fourth-order valence-electron chi connectivity index (χ4n) is 7.32. The van der Waals surface area contributed by atoms with E-state index in [1.54, 1.807) is 0 Å². The highest BCUT2D eigenvalue weighted by atomic mass is 16.8. The van der Waals surface area contributed by atoms with Crippen molar-refractivity contribution in [2.45, 2.75) is 95.3 Å². The molecular weight excluding hydrogens is 392 g/mol. The number of ether oxygens (including phenoxy) is 4. The van der Waals surface area contributed by atoms with Crippen LogP contribution in [0.3, 0.4) is 0 Å². The number of aliphatic hydroxyl groups excluding tert-OH is 1. The second kappa shape index (κ2) is 7.12. The van der Waals surface area contributed by atoms with Crippen LogP contribution >= 0.6 is 0 Å². The first-order valence-corrected chi connectivity index (χ1v) is 11.0. The fraction of sp³-hybridized carbons (Fsp3) is 0.955. The van der Waals surface area contributed by atoms with Crippen molar-refractivity contribution in [3.8, 4) is 0 Å². The number of aliphatic hydroxyl groups is 3. The van der Waals surface area contributed by atoms with Crippen LogP contribution in [0.1, 0.15) is 59.3 Å². The third-order valence-electron chi connectivity index (χ3n) is 9.04. The Labute approximate surface area is 177 Å². The van der Waals surface area contributed by atoms with E-state index in [9.17, 15) is 20.1 Å². The summed E-state index contributed by atoms with van der Waals surface area (Å²) in [7, 11) is 2.79. The lowest BCUT2D eigenvalue weighted by molar-refractivity contribution is -0.238. The molecule has 172 valence electrons. The number of carbonyl (C=O) groups excluding carboxylic acids is 1. The van der Waals surface area contributed by atoms with Crippen molar-refractivity contribution < 1.29 is 39.1 Å². The van der Waals surface area contributed by atoms with Crippen LogP contribution in [-0.2, 0) is 23.7 Å². The van der Waals surface area contributed by atoms with Gasteiger partial charge in [0.1, 0.15) is 17.8 Å². The fourth-order valence-corrected chi connectivity index (χ4v) is 7.32. The minimum Gasteiger partial charge on any atom is -0.462 e. The van der Waals surface area contributed by atoms with E-state index < -0.39 is 40.7 Å². The van der Waals surface area contributed by atoms with Gasteiger partial charge in [-0.1, -0.05) is 20.3 Å². The molecule has 3 N–H and O–H groups in total. The molecule has 4 rings (SSSR count). The molecule has 2 saturated heterocycles. The van der Waals surface area contributed by atoms with Gasteiger partial charge in [0, 0.05) is 25.6 Å². The van der Waals surface area contributed by atoms with Gasteiger partial charge in [-0.2, -0.15) is 0 Å². The molecule has 0 aromatic heterocycles. The Kier molecular flexibility index (Phi) is 5.32. The summed E-state index contributed by atoms with van der Waals surface area (Å²) in [6.45, 7) is 6.02. The van der Waals surface area contributed by atoms with Crippen LogP contribution < -0.4 is 0 Å². The van der Waals surface area contributed by atoms with E-state index in [4.69, 9.17) is 18.9 Å². The predicted molar refractivity (Wildman–Crippen MR) is 105 cm³/mol. The zero-order valence-electron chi connectivity index (χ0n) is 18.6. The molecule has 30 heavy (non-hydrogen) atoms. The lowest BCUT2D eigenvalue weighted by Gasteiger charge is -2.61. The molecule has 10 atom stereocenters. The Morgan fingerprint density at radius 3 is 2.47 bits per heavy atom. The zero-order chi connectivity index (χ0) is 22.1. The van der Waals surface area contributed by atoms with Crippen LogP contribution in [0, 0.1) is 22.7 Å². The molecule has 8 nitrogen and oxygen atoms in total. The molecule has 8 heteroatoms. The number of esters is 1. The molecule has 2 saturated carbocycles. The average molecular weight is 429 g/mol. The average Bonchev–Trinajstić information content (AvgIpc) is 3.10. The second-order valence-corrected chi connectivity index (χ2v) is 10.4. The maximum absolute atomic E-state index is 12.7. The first kappa shape index (κ1) is 22.4. The van der Waals surface area contributed by atoms with Crippen molar-refractivity contribution in [3.63, 3.8) is 0 Å². The van der Waals surface area contributed by atoms with Gasteiger partial charge in [-0.3, -0.25) is 4.79 Å². The molecule has 2 aliphatic heterocycles. The van der Waals surface area contributed by atoms with Crippen molar-refractivity contribution in [2.75, 3.05) is 14.2 Å². The van der Waals surface area contributed by atoms with Gasteiger partial charge >= 0.3 is 5.97 Å². The highest BCUT2D eigenvalue weighted by Gasteiger charge is 2.71. The zero-order valence-corrected chi connectivity index (χ0v) is 18.6. The Balaban J connectivity index is 1.64. The standard InChI is InChI=1S/C22H36O8/c1-12-11-13-14-19(2,17(24)29-13)7-6-8-20(14,3)22(12,26)10-9-21(25)15(23)16(27-4)30-18(21)28-5/h12-16,18,23,25-26H,6-11H2,1-5H3/t12-,13-,14-,15+,16-,18-,19-,20-,21+,22+/m0/s1. The van der Waals surface area contributed by atoms with Gasteiger partial charge in [0.25, 0.3) is 0 Å². The molecule has 0 radical (unpaired) electrons. The molecule has 0 spiro atoms. The minimum atomic E-state index is -1.71. The maximum atomic E-state index is 12.7. The van der Waals surface area contributed by atoms with Crippen LogP contribution in [0.4, 0.5) is 0 Å². The van der Waals surface area contributed by atoms with E-state index in [1.165, 1.54) is 14.2 Å². The van der Waals surface area contributed by atoms with Gasteiger partial charge in [0.05, 0.1) is 11.0 Å². The van der Waals surface area contributed by atoms with Crippen LogP contribution in [0.5, 0.6) is 0 Å². The lowest BCUT2D eigenvalue weighted by atomic mass is 9.44. The number of hydrogen-bond donors (Lipinski definition) is 3. The summed E-state index contributed by atoms with van der Waals surface area (Å²) in [4.78, 5) is 12.7. The summed E-state index contributed by atoms with van der Waals surface area (Å²) in [5, 5.41) is 34.0. The lowest BCUT2D eigenvalue weighted by Crippen LogP contribution is -2.65. The van der Waals surface area contributed by atoms with Gasteiger partial charge in [0.15, 0.2) is 12.6 Å². The Morgan fingerprint density at radius 2 is 1.83 bits per heavy atom. The largest absolute Gasteiger partial charge is 0.462 e. The molecular formula is C22H36O8. The van der Waals surface area contributed by atoms with E-state index >= 15 is 0 Å². The van der Waals surface area contributed by atoms with Crippen molar-refractivity contribution in [1.82, 2.24) is 0 Å². The van der Waals surface area contributed by atoms with E-state index in [0.717, 1.165) is 19.3 Å². The molecule has 0 amide bonds. The monoisotopic (exact) mass is 428 g/mol. The van der Waals surface area contributed by atoms with Gasteiger partial charge < -0.3 is 34.3 Å². The Hall–Kier alpha value is -0.770. The highest BCUT2D eigenvalue weighted by molar-refractivity contribution is 5.80. The number of hydrogen-bond acceptors (Lipinski definition) is 8. The first-order valence-electron chi connectivity index (χ1n) is 11.0. The molecule has 0 bridgehead atoms. The van der Waals surface area contributed by atoms with E-state index in [-0.39, 0.29) is 36.8 Å². The minimum absolute atomic E-state index is 0.0724. The van der Waals surface area contributed by atoms with Gasteiger partial charge in [-0.15, -0.1) is 0 Å². The summed E-state index contributed by atoms with van der Waals surface area (Å²) in [5.41, 5.74) is -3.98. The smallest absolute Gasteiger partial charge is 0.312 e. The topological polar surface area (TPSA) is 115 Å². The molecule has 0 aromatic carbocycles. The van der Waals surface area contributed by atoms with Gasteiger partial charge in [0.2, 0.25) is 0 Å². The third-order valence-corrected chi connectivity index (χ3v) is 9.04. The maximum Gasteiger partial charge on any atom is 0.312 e. The number of rotatable bonds is 5. The summed E-state index contributed by atoms with van der Waals surface area (Å²) in [5.74, 6) is -0.364. The normalized spacial score (nSPS) is 55.4. The molecule has 4 aliphatic rings. The molecule has 4 fully saturated rings. The van der Waals surface area contributed by atoms with E-state index in [1.807, 2.05) is 13.8 Å². The van der Waals surface area contributed by atoms with E-state index in [2.05, 4.69) is 6.92 Å². The van der Waals surface area contributed by atoms with Crippen LogP contribution in [-0.4, -0.2) is 71.5 Å². The van der Waals surface area contributed by atoms with Gasteiger partial charge in [-0.05, 0) is 44.9 Å². The molecule has 2 aliphatic carbocycles. The van der Waals surface area contributed by atoms with Crippen molar-refractivity contribution in [3.05, 3.63) is 0 Å². The highest BCUT2D eigenvalue weighted by Crippen LogP contribution is 2.67. The summed E-state index contributed by atoms with van der Waals surface area (Å²) >= 11 is 0. The summed E-state index contributed by atoms with van der Waals surface area (Å²) in [6.07, 6.45) is -0.257. The van der Waals surface area contributed by atoms with E-state index in [0.29, 0.717) is 6.42 Å². The molecule has 2 heterocycles. The van der Waals surface area contributed by atoms with Crippen molar-refractivity contribution in [2.24, 2.45) is 22.7 Å². The van der Waals surface area contributed by atoms with Crippen molar-refractivity contribution in [1.29, 1.82) is 0 Å². The third kappa shape index (κ3) is 2.70. The van der Waals surface area contributed by atoms with Crippen LogP contribution in [0.25, 0.3) is 0 Å². The quantitative estimate of drug-likeness (QED) is 0.562. The summed E-state index contributed by atoms with van der Waals surface area (Å²) in [6, 6.07) is 0. The first-order chi connectivity index (χ1) is 14.0.